The van der Waals surface area contributed by atoms with Crippen molar-refractivity contribution in [1.29, 1.82) is 0 Å². The SMILES string of the molecule is CCC(CC)C(=O)N1CCN(C(=O)CCc2ccc(OC)c(OC)c2)CC1. The second-order valence-electron chi connectivity index (χ2n) is 6.91. The molecule has 0 unspecified atom stereocenters. The third-order valence-corrected chi connectivity index (χ3v) is 5.35. The average Bonchev–Trinajstić information content (AvgIpc) is 2.72. The first-order chi connectivity index (χ1) is 13.0. The van der Waals surface area contributed by atoms with Crippen LogP contribution in [0.1, 0.15) is 38.7 Å². The Kier molecular flexibility index (Phi) is 7.95. The van der Waals surface area contributed by atoms with Crippen molar-refractivity contribution in [3.8, 4) is 11.5 Å². The Bertz CT molecular complexity index is 635. The van der Waals surface area contributed by atoms with Gasteiger partial charge in [-0.3, -0.25) is 9.59 Å². The first kappa shape index (κ1) is 21.1. The molecule has 2 amide bonds. The van der Waals surface area contributed by atoms with Crippen LogP contribution in [0, 0.1) is 5.92 Å². The Hall–Kier alpha value is -2.24. The van der Waals surface area contributed by atoms with Gasteiger partial charge in [0.2, 0.25) is 11.8 Å². The number of carbonyl (C=O) groups is 2. The molecule has 6 heteroatoms. The van der Waals surface area contributed by atoms with E-state index in [1.54, 1.807) is 14.2 Å². The second-order valence-corrected chi connectivity index (χ2v) is 6.91. The van der Waals surface area contributed by atoms with Crippen molar-refractivity contribution in [2.45, 2.75) is 39.5 Å². The van der Waals surface area contributed by atoms with Crippen LogP contribution in [0.4, 0.5) is 0 Å². The molecular formula is C21H32N2O4. The van der Waals surface area contributed by atoms with Crippen LogP contribution in [0.25, 0.3) is 0 Å². The van der Waals surface area contributed by atoms with Gasteiger partial charge in [0.15, 0.2) is 11.5 Å². The van der Waals surface area contributed by atoms with E-state index in [9.17, 15) is 9.59 Å². The van der Waals surface area contributed by atoms with Crippen LogP contribution < -0.4 is 9.47 Å². The van der Waals surface area contributed by atoms with Gasteiger partial charge in [0, 0.05) is 38.5 Å². The molecule has 1 heterocycles. The number of rotatable bonds is 8. The van der Waals surface area contributed by atoms with Crippen LogP contribution in [0.2, 0.25) is 0 Å². The number of amides is 2. The summed E-state index contributed by atoms with van der Waals surface area (Å²) < 4.78 is 10.6. The number of carbonyl (C=O) groups excluding carboxylic acids is 2. The molecule has 0 aromatic heterocycles. The molecule has 1 saturated heterocycles. The number of hydrogen-bond donors (Lipinski definition) is 0. The summed E-state index contributed by atoms with van der Waals surface area (Å²) >= 11 is 0. The van der Waals surface area contributed by atoms with E-state index in [0.29, 0.717) is 50.5 Å². The van der Waals surface area contributed by atoms with Crippen molar-refractivity contribution in [2.75, 3.05) is 40.4 Å². The summed E-state index contributed by atoms with van der Waals surface area (Å²) in [5.74, 6) is 1.84. The zero-order valence-electron chi connectivity index (χ0n) is 17.0. The zero-order valence-corrected chi connectivity index (χ0v) is 17.0. The molecule has 27 heavy (non-hydrogen) atoms. The highest BCUT2D eigenvalue weighted by Gasteiger charge is 2.27. The number of nitrogens with zero attached hydrogens (tertiary/aromatic N) is 2. The van der Waals surface area contributed by atoms with E-state index in [1.807, 2.05) is 28.0 Å². The maximum absolute atomic E-state index is 12.5. The molecular weight excluding hydrogens is 344 g/mol. The molecule has 1 fully saturated rings. The summed E-state index contributed by atoms with van der Waals surface area (Å²) in [5, 5.41) is 0. The third kappa shape index (κ3) is 5.37. The van der Waals surface area contributed by atoms with Gasteiger partial charge in [-0.1, -0.05) is 19.9 Å². The molecule has 0 aliphatic carbocycles. The lowest BCUT2D eigenvalue weighted by molar-refractivity contribution is -0.142. The summed E-state index contributed by atoms with van der Waals surface area (Å²) in [5.41, 5.74) is 1.04. The quantitative estimate of drug-likeness (QED) is 0.700. The third-order valence-electron chi connectivity index (χ3n) is 5.35. The van der Waals surface area contributed by atoms with Crippen molar-refractivity contribution < 1.29 is 19.1 Å². The first-order valence-electron chi connectivity index (χ1n) is 9.81. The van der Waals surface area contributed by atoms with Crippen molar-refractivity contribution >= 4 is 11.8 Å². The van der Waals surface area contributed by atoms with Crippen molar-refractivity contribution in [3.63, 3.8) is 0 Å². The van der Waals surface area contributed by atoms with Crippen LogP contribution in [0.3, 0.4) is 0 Å². The van der Waals surface area contributed by atoms with Gasteiger partial charge in [-0.15, -0.1) is 0 Å². The number of methoxy groups -OCH3 is 2. The standard InChI is InChI=1S/C21H32N2O4/c1-5-17(6-2)21(25)23-13-11-22(12-14-23)20(24)10-8-16-7-9-18(26-3)19(15-16)27-4/h7,9,15,17H,5-6,8,10-14H2,1-4H3. The smallest absolute Gasteiger partial charge is 0.225 e. The van der Waals surface area contributed by atoms with Gasteiger partial charge in [-0.2, -0.15) is 0 Å². The lowest BCUT2D eigenvalue weighted by Gasteiger charge is -2.36. The van der Waals surface area contributed by atoms with Crippen LogP contribution in [-0.4, -0.2) is 62.0 Å². The van der Waals surface area contributed by atoms with Gasteiger partial charge in [-0.05, 0) is 37.0 Å². The zero-order chi connectivity index (χ0) is 19.8. The fraction of sp³-hybridized carbons (Fsp3) is 0.619. The Labute approximate surface area is 162 Å². The van der Waals surface area contributed by atoms with Gasteiger partial charge < -0.3 is 19.3 Å². The maximum atomic E-state index is 12.5. The summed E-state index contributed by atoms with van der Waals surface area (Å²) in [6.45, 7) is 6.63. The number of ether oxygens (including phenoxy) is 2. The maximum Gasteiger partial charge on any atom is 0.225 e. The van der Waals surface area contributed by atoms with E-state index < -0.39 is 0 Å². The molecule has 0 spiro atoms. The first-order valence-corrected chi connectivity index (χ1v) is 9.81. The molecule has 1 aliphatic heterocycles. The molecule has 0 saturated carbocycles. The average molecular weight is 376 g/mol. The molecule has 0 N–H and O–H groups in total. The number of piperazine rings is 1. The summed E-state index contributed by atoms with van der Waals surface area (Å²) in [6, 6.07) is 5.74. The van der Waals surface area contributed by atoms with E-state index in [0.717, 1.165) is 18.4 Å². The Morgan fingerprint density at radius 3 is 2.11 bits per heavy atom. The fourth-order valence-electron chi connectivity index (χ4n) is 3.52. The van der Waals surface area contributed by atoms with E-state index >= 15 is 0 Å². The monoisotopic (exact) mass is 376 g/mol. The lowest BCUT2D eigenvalue weighted by Crippen LogP contribution is -2.51. The van der Waals surface area contributed by atoms with Crippen molar-refractivity contribution in [1.82, 2.24) is 9.80 Å². The fourth-order valence-corrected chi connectivity index (χ4v) is 3.52. The molecule has 1 aliphatic rings. The molecule has 0 radical (unpaired) electrons. The minimum atomic E-state index is 0.109. The minimum Gasteiger partial charge on any atom is -0.493 e. The topological polar surface area (TPSA) is 59.1 Å². The van der Waals surface area contributed by atoms with Crippen LogP contribution in [0.15, 0.2) is 18.2 Å². The number of aryl methyl sites for hydroxylation is 1. The Morgan fingerprint density at radius 2 is 1.56 bits per heavy atom. The van der Waals surface area contributed by atoms with E-state index in [-0.39, 0.29) is 17.7 Å². The van der Waals surface area contributed by atoms with Crippen LogP contribution in [0.5, 0.6) is 11.5 Å². The molecule has 2 rings (SSSR count). The molecule has 0 atom stereocenters. The van der Waals surface area contributed by atoms with Crippen LogP contribution >= 0.6 is 0 Å². The normalized spacial score (nSPS) is 14.4. The molecule has 0 bridgehead atoms. The predicted molar refractivity (Wildman–Crippen MR) is 105 cm³/mol. The van der Waals surface area contributed by atoms with Gasteiger partial charge in [0.25, 0.3) is 0 Å². The predicted octanol–water partition coefficient (Wildman–Crippen LogP) is 2.74. The largest absolute Gasteiger partial charge is 0.493 e. The van der Waals surface area contributed by atoms with Gasteiger partial charge in [-0.25, -0.2) is 0 Å². The molecule has 6 nitrogen and oxygen atoms in total. The highest BCUT2D eigenvalue weighted by atomic mass is 16.5. The second kappa shape index (κ2) is 10.2. The minimum absolute atomic E-state index is 0.109. The Balaban J connectivity index is 1.83. The highest BCUT2D eigenvalue weighted by molar-refractivity contribution is 5.80. The molecule has 1 aromatic carbocycles. The van der Waals surface area contributed by atoms with E-state index in [4.69, 9.17) is 9.47 Å². The lowest BCUT2D eigenvalue weighted by atomic mass is 10.0. The highest BCUT2D eigenvalue weighted by Crippen LogP contribution is 2.28. The van der Waals surface area contributed by atoms with E-state index in [2.05, 4.69) is 13.8 Å². The van der Waals surface area contributed by atoms with Crippen molar-refractivity contribution in [3.05, 3.63) is 23.8 Å². The summed E-state index contributed by atoms with van der Waals surface area (Å²) in [7, 11) is 3.21. The van der Waals surface area contributed by atoms with Gasteiger partial charge >= 0.3 is 0 Å². The van der Waals surface area contributed by atoms with Crippen LogP contribution in [-0.2, 0) is 16.0 Å². The van der Waals surface area contributed by atoms with Gasteiger partial charge in [0.1, 0.15) is 0 Å². The summed E-state index contributed by atoms with van der Waals surface area (Å²) in [6.07, 6.45) is 2.86. The van der Waals surface area contributed by atoms with Crippen molar-refractivity contribution in [2.24, 2.45) is 5.92 Å². The molecule has 150 valence electrons. The summed E-state index contributed by atoms with van der Waals surface area (Å²) in [4.78, 5) is 28.8. The van der Waals surface area contributed by atoms with Gasteiger partial charge in [0.05, 0.1) is 14.2 Å². The van der Waals surface area contributed by atoms with E-state index in [1.165, 1.54) is 0 Å². The molecule has 1 aromatic rings. The number of hydrogen-bond acceptors (Lipinski definition) is 4. The number of benzene rings is 1. The Morgan fingerprint density at radius 1 is 0.963 bits per heavy atom.